The third-order valence-corrected chi connectivity index (χ3v) is 4.24. The van der Waals surface area contributed by atoms with E-state index in [0.29, 0.717) is 0 Å². The van der Waals surface area contributed by atoms with Crippen LogP contribution in [0.15, 0.2) is 79.3 Å². The van der Waals surface area contributed by atoms with Crippen molar-refractivity contribution in [1.29, 1.82) is 0 Å². The van der Waals surface area contributed by atoms with Crippen LogP contribution in [-0.2, 0) is 11.8 Å². The van der Waals surface area contributed by atoms with Crippen LogP contribution in [0.4, 0.5) is 5.69 Å². The lowest BCUT2D eigenvalue weighted by atomic mass is 10.2. The molecule has 0 saturated heterocycles. The summed E-state index contributed by atoms with van der Waals surface area (Å²) in [6.07, 6.45) is 8.88. The van der Waals surface area contributed by atoms with Crippen molar-refractivity contribution < 1.29 is 4.79 Å². The molecule has 0 unspecified atom stereocenters. The first kappa shape index (κ1) is 15.9. The smallest absolute Gasteiger partial charge is 0.248 e. The van der Waals surface area contributed by atoms with Crippen LogP contribution in [0.2, 0.25) is 0 Å². The van der Waals surface area contributed by atoms with Crippen LogP contribution >= 0.6 is 0 Å². The number of para-hydroxylation sites is 1. The Morgan fingerprint density at radius 1 is 1.08 bits per heavy atom. The average molecular weight is 342 g/mol. The number of amides is 1. The van der Waals surface area contributed by atoms with Crippen molar-refractivity contribution in [1.82, 2.24) is 14.3 Å². The number of rotatable bonds is 4. The molecule has 0 spiro atoms. The first-order valence-electron chi connectivity index (χ1n) is 8.34. The van der Waals surface area contributed by atoms with Gasteiger partial charge >= 0.3 is 0 Å². The quantitative estimate of drug-likeness (QED) is 0.570. The summed E-state index contributed by atoms with van der Waals surface area (Å²) in [6, 6.07) is 17.7. The van der Waals surface area contributed by atoms with E-state index in [1.807, 2.05) is 78.6 Å². The van der Waals surface area contributed by atoms with E-state index in [9.17, 15) is 4.79 Å². The van der Waals surface area contributed by atoms with Crippen molar-refractivity contribution in [3.63, 3.8) is 0 Å². The number of nitrogens with one attached hydrogen (secondary N) is 1. The van der Waals surface area contributed by atoms with Crippen molar-refractivity contribution in [3.8, 4) is 5.69 Å². The van der Waals surface area contributed by atoms with Crippen molar-refractivity contribution in [3.05, 3.63) is 84.8 Å². The van der Waals surface area contributed by atoms with Crippen LogP contribution in [0.1, 0.15) is 5.56 Å². The van der Waals surface area contributed by atoms with Gasteiger partial charge in [0.25, 0.3) is 0 Å². The summed E-state index contributed by atoms with van der Waals surface area (Å²) in [5, 5.41) is 8.29. The SMILES string of the molecule is Cn1ccc2c(NC(=O)/C=C/c3cnn(-c4ccccc4)c3)cccc21. The van der Waals surface area contributed by atoms with Gasteiger partial charge in [-0.15, -0.1) is 0 Å². The molecule has 0 aliphatic rings. The highest BCUT2D eigenvalue weighted by Crippen LogP contribution is 2.23. The molecule has 0 aliphatic carbocycles. The van der Waals surface area contributed by atoms with Crippen molar-refractivity contribution in [2.45, 2.75) is 0 Å². The normalized spacial score (nSPS) is 11.3. The Bertz CT molecular complexity index is 1090. The number of anilines is 1. The molecule has 0 saturated carbocycles. The summed E-state index contributed by atoms with van der Waals surface area (Å²) >= 11 is 0. The molecular weight excluding hydrogens is 324 g/mol. The molecule has 4 rings (SSSR count). The fraction of sp³-hybridized carbons (Fsp3) is 0.0476. The highest BCUT2D eigenvalue weighted by atomic mass is 16.1. The molecule has 1 N–H and O–H groups in total. The second-order valence-electron chi connectivity index (χ2n) is 6.04. The zero-order chi connectivity index (χ0) is 17.9. The Hall–Kier alpha value is -3.60. The van der Waals surface area contributed by atoms with Gasteiger partial charge in [0, 0.05) is 42.0 Å². The van der Waals surface area contributed by atoms with Gasteiger partial charge in [-0.3, -0.25) is 4.79 Å². The highest BCUT2D eigenvalue weighted by Gasteiger charge is 2.06. The Morgan fingerprint density at radius 2 is 1.92 bits per heavy atom. The molecule has 0 fully saturated rings. The number of carbonyl (C=O) groups is 1. The fourth-order valence-corrected chi connectivity index (χ4v) is 2.90. The number of carbonyl (C=O) groups excluding carboxylic acids is 1. The van der Waals surface area contributed by atoms with Gasteiger partial charge in [-0.1, -0.05) is 24.3 Å². The molecule has 1 amide bonds. The molecule has 0 aliphatic heterocycles. The zero-order valence-electron chi connectivity index (χ0n) is 14.3. The van der Waals surface area contributed by atoms with Crippen LogP contribution in [0.5, 0.6) is 0 Å². The van der Waals surface area contributed by atoms with E-state index >= 15 is 0 Å². The second kappa shape index (κ2) is 6.72. The maximum atomic E-state index is 12.3. The first-order chi connectivity index (χ1) is 12.7. The number of nitrogens with zero attached hydrogens (tertiary/aromatic N) is 3. The lowest BCUT2D eigenvalue weighted by Gasteiger charge is -2.04. The average Bonchev–Trinajstić information content (AvgIpc) is 3.29. The van der Waals surface area contributed by atoms with Gasteiger partial charge in [-0.2, -0.15) is 5.10 Å². The molecule has 128 valence electrons. The number of fused-ring (bicyclic) bond motifs is 1. The van der Waals surface area contributed by atoms with E-state index in [4.69, 9.17) is 0 Å². The number of hydrogen-bond donors (Lipinski definition) is 1. The standard InChI is InChI=1S/C21H18N4O/c1-24-13-12-18-19(8-5-9-20(18)24)23-21(26)11-10-16-14-22-25(15-16)17-6-3-2-4-7-17/h2-15H,1H3,(H,23,26)/b11-10+. The van der Waals surface area contributed by atoms with Crippen LogP contribution in [-0.4, -0.2) is 20.3 Å². The summed E-state index contributed by atoms with van der Waals surface area (Å²) in [6.45, 7) is 0. The predicted octanol–water partition coefficient (Wildman–Crippen LogP) is 4.02. The van der Waals surface area contributed by atoms with Gasteiger partial charge in [0.15, 0.2) is 0 Å². The third kappa shape index (κ3) is 3.15. The van der Waals surface area contributed by atoms with Crippen molar-refractivity contribution >= 4 is 28.6 Å². The topological polar surface area (TPSA) is 51.9 Å². The van der Waals surface area contributed by atoms with Gasteiger partial charge in [-0.25, -0.2) is 4.68 Å². The third-order valence-electron chi connectivity index (χ3n) is 4.24. The molecule has 2 aromatic carbocycles. The second-order valence-corrected chi connectivity index (χ2v) is 6.04. The summed E-state index contributed by atoms with van der Waals surface area (Å²) in [5.74, 6) is -0.172. The van der Waals surface area contributed by atoms with Crippen molar-refractivity contribution in [2.75, 3.05) is 5.32 Å². The molecule has 0 bridgehead atoms. The number of aromatic nitrogens is 3. The van der Waals surface area contributed by atoms with Crippen LogP contribution in [0.25, 0.3) is 22.7 Å². The Labute approximate surface area is 151 Å². The van der Waals surface area contributed by atoms with E-state index < -0.39 is 0 Å². The Balaban J connectivity index is 1.49. The van der Waals surface area contributed by atoms with E-state index in [1.54, 1.807) is 17.0 Å². The lowest BCUT2D eigenvalue weighted by molar-refractivity contribution is -0.111. The molecule has 26 heavy (non-hydrogen) atoms. The van der Waals surface area contributed by atoms with Crippen LogP contribution < -0.4 is 5.32 Å². The molecule has 0 atom stereocenters. The monoisotopic (exact) mass is 342 g/mol. The van der Waals surface area contributed by atoms with Gasteiger partial charge < -0.3 is 9.88 Å². The summed E-state index contributed by atoms with van der Waals surface area (Å²) in [7, 11) is 1.98. The van der Waals surface area contributed by atoms with E-state index in [0.717, 1.165) is 27.8 Å². The summed E-state index contributed by atoms with van der Waals surface area (Å²) < 4.78 is 3.81. The minimum absolute atomic E-state index is 0.172. The summed E-state index contributed by atoms with van der Waals surface area (Å²) in [4.78, 5) is 12.3. The van der Waals surface area contributed by atoms with Gasteiger partial charge in [0.1, 0.15) is 0 Å². The maximum absolute atomic E-state index is 12.3. The van der Waals surface area contributed by atoms with Gasteiger partial charge in [0.05, 0.1) is 17.6 Å². The number of aryl methyl sites for hydroxylation is 1. The maximum Gasteiger partial charge on any atom is 0.248 e. The molecule has 0 radical (unpaired) electrons. The van der Waals surface area contributed by atoms with E-state index in [-0.39, 0.29) is 5.91 Å². The largest absolute Gasteiger partial charge is 0.350 e. The van der Waals surface area contributed by atoms with Crippen LogP contribution in [0, 0.1) is 0 Å². The van der Waals surface area contributed by atoms with Crippen molar-refractivity contribution in [2.24, 2.45) is 7.05 Å². The molecule has 2 aromatic heterocycles. The van der Waals surface area contributed by atoms with E-state index in [1.165, 1.54) is 6.08 Å². The van der Waals surface area contributed by atoms with Crippen LogP contribution in [0.3, 0.4) is 0 Å². The lowest BCUT2D eigenvalue weighted by Crippen LogP contribution is -2.07. The van der Waals surface area contributed by atoms with Gasteiger partial charge in [-0.05, 0) is 36.4 Å². The number of hydrogen-bond acceptors (Lipinski definition) is 2. The highest BCUT2D eigenvalue weighted by molar-refractivity contribution is 6.07. The first-order valence-corrected chi connectivity index (χ1v) is 8.34. The predicted molar refractivity (Wildman–Crippen MR) is 104 cm³/mol. The minimum atomic E-state index is -0.172. The van der Waals surface area contributed by atoms with E-state index in [2.05, 4.69) is 10.4 Å². The number of benzene rings is 2. The summed E-state index contributed by atoms with van der Waals surface area (Å²) in [5.41, 5.74) is 3.72. The zero-order valence-corrected chi connectivity index (χ0v) is 14.3. The molecule has 5 nitrogen and oxygen atoms in total. The Kier molecular flexibility index (Phi) is 4.11. The molecular formula is C21H18N4O. The molecule has 2 heterocycles. The Morgan fingerprint density at radius 3 is 2.77 bits per heavy atom. The fourth-order valence-electron chi connectivity index (χ4n) is 2.90. The molecule has 5 heteroatoms. The van der Waals surface area contributed by atoms with Gasteiger partial charge in [0.2, 0.25) is 5.91 Å². The molecule has 4 aromatic rings. The minimum Gasteiger partial charge on any atom is -0.350 e.